The molecule has 0 bridgehead atoms. The number of nitrogens with zero attached hydrogens (tertiary/aromatic N) is 1. The molecule has 2 rings (SSSR count). The van der Waals surface area contributed by atoms with Crippen molar-refractivity contribution in [1.82, 2.24) is 4.90 Å². The topological polar surface area (TPSA) is 20.3 Å². The highest BCUT2D eigenvalue weighted by atomic mass is 32.2. The molecule has 0 radical (unpaired) electrons. The van der Waals surface area contributed by atoms with Crippen LogP contribution in [0.3, 0.4) is 0 Å². The summed E-state index contributed by atoms with van der Waals surface area (Å²) in [4.78, 5) is 16.4. The molecule has 0 N–H and O–H groups in total. The Hall–Kier alpha value is -0.480. The van der Waals surface area contributed by atoms with E-state index in [4.69, 9.17) is 0 Å². The first-order valence-corrected chi connectivity index (χ1v) is 7.06. The molecule has 1 amide bonds. The van der Waals surface area contributed by atoms with E-state index in [1.54, 1.807) is 11.3 Å². The van der Waals surface area contributed by atoms with Gasteiger partial charge in [-0.2, -0.15) is 0 Å². The predicted octanol–water partition coefficient (Wildman–Crippen LogP) is 3.04. The molecular formula is C11H15NOS2. The van der Waals surface area contributed by atoms with E-state index in [1.165, 1.54) is 9.75 Å². The van der Waals surface area contributed by atoms with Crippen LogP contribution in [0, 0.1) is 6.92 Å². The maximum atomic E-state index is 11.7. The largest absolute Gasteiger partial charge is 0.325 e. The number of thiophene rings is 1. The number of aryl methyl sites for hydroxylation is 1. The highest BCUT2D eigenvalue weighted by Crippen LogP contribution is 2.40. The van der Waals surface area contributed by atoms with Crippen molar-refractivity contribution in [2.75, 3.05) is 12.3 Å². The van der Waals surface area contributed by atoms with E-state index >= 15 is 0 Å². The molecule has 82 valence electrons. The van der Waals surface area contributed by atoms with Crippen molar-refractivity contribution in [3.63, 3.8) is 0 Å². The summed E-state index contributed by atoms with van der Waals surface area (Å²) in [6.07, 6.45) is 0.613. The standard InChI is InChI=1S/C11H15NOS2/c1-3-10(13)12-6-7-14-11(12)9-5-4-8(2)15-9/h4-5,11H,3,6-7H2,1-2H3/t11-/m1/s1. The average Bonchev–Trinajstić information content (AvgIpc) is 2.84. The SMILES string of the molecule is CCC(=O)N1CCS[C@@H]1c1ccc(C)s1. The summed E-state index contributed by atoms with van der Waals surface area (Å²) in [7, 11) is 0. The lowest BCUT2D eigenvalue weighted by Gasteiger charge is -2.22. The van der Waals surface area contributed by atoms with E-state index in [2.05, 4.69) is 19.1 Å². The Morgan fingerprint density at radius 1 is 1.60 bits per heavy atom. The Kier molecular flexibility index (Phi) is 3.36. The van der Waals surface area contributed by atoms with Crippen molar-refractivity contribution in [1.29, 1.82) is 0 Å². The summed E-state index contributed by atoms with van der Waals surface area (Å²) in [5.41, 5.74) is 0. The number of carbonyl (C=O) groups excluding carboxylic acids is 1. The van der Waals surface area contributed by atoms with Gasteiger partial charge in [0.2, 0.25) is 5.91 Å². The molecule has 1 aliphatic heterocycles. The second-order valence-corrected chi connectivity index (χ2v) is 6.12. The van der Waals surface area contributed by atoms with Gasteiger partial charge in [0.1, 0.15) is 5.37 Å². The van der Waals surface area contributed by atoms with Crippen molar-refractivity contribution < 1.29 is 4.79 Å². The van der Waals surface area contributed by atoms with Gasteiger partial charge in [-0.15, -0.1) is 23.1 Å². The van der Waals surface area contributed by atoms with Crippen molar-refractivity contribution in [3.05, 3.63) is 21.9 Å². The second kappa shape index (κ2) is 4.58. The fraction of sp³-hybridized carbons (Fsp3) is 0.545. The van der Waals surface area contributed by atoms with Gasteiger partial charge < -0.3 is 4.90 Å². The molecule has 2 nitrogen and oxygen atoms in total. The van der Waals surface area contributed by atoms with Crippen LogP contribution in [0.1, 0.15) is 28.5 Å². The molecule has 1 aliphatic rings. The number of carbonyl (C=O) groups is 1. The van der Waals surface area contributed by atoms with Crippen LogP contribution in [0.4, 0.5) is 0 Å². The molecule has 1 aromatic rings. The molecule has 0 spiro atoms. The molecule has 0 unspecified atom stereocenters. The molecular weight excluding hydrogens is 226 g/mol. The Labute approximate surface area is 98.7 Å². The van der Waals surface area contributed by atoms with E-state index in [1.807, 2.05) is 23.6 Å². The van der Waals surface area contributed by atoms with Gasteiger partial charge in [0.15, 0.2) is 0 Å². The van der Waals surface area contributed by atoms with E-state index in [9.17, 15) is 4.79 Å². The third-order valence-electron chi connectivity index (χ3n) is 2.52. The minimum absolute atomic E-state index is 0.274. The van der Waals surface area contributed by atoms with Gasteiger partial charge in [0.05, 0.1) is 0 Å². The summed E-state index contributed by atoms with van der Waals surface area (Å²) < 4.78 is 0. The summed E-state index contributed by atoms with van der Waals surface area (Å²) in [6, 6.07) is 4.28. The number of thioether (sulfide) groups is 1. The molecule has 4 heteroatoms. The molecule has 1 atom stereocenters. The van der Waals surface area contributed by atoms with Crippen molar-refractivity contribution in [2.45, 2.75) is 25.6 Å². The highest BCUT2D eigenvalue weighted by molar-refractivity contribution is 7.99. The predicted molar refractivity (Wildman–Crippen MR) is 66.3 cm³/mol. The van der Waals surface area contributed by atoms with Crippen LogP contribution < -0.4 is 0 Å². The van der Waals surface area contributed by atoms with Crippen molar-refractivity contribution in [2.24, 2.45) is 0 Å². The third-order valence-corrected chi connectivity index (χ3v) is 4.96. The summed E-state index contributed by atoms with van der Waals surface area (Å²) in [5, 5.41) is 0.274. The lowest BCUT2D eigenvalue weighted by molar-refractivity contribution is -0.130. The quantitative estimate of drug-likeness (QED) is 0.793. The number of hydrogen-bond donors (Lipinski definition) is 0. The van der Waals surface area contributed by atoms with Gasteiger partial charge in [-0.1, -0.05) is 6.92 Å². The second-order valence-electron chi connectivity index (χ2n) is 3.61. The molecule has 0 aromatic carbocycles. The van der Waals surface area contributed by atoms with E-state index in [0.29, 0.717) is 6.42 Å². The Bertz CT molecular complexity index is 361. The van der Waals surface area contributed by atoms with Crippen LogP contribution >= 0.6 is 23.1 Å². The monoisotopic (exact) mass is 241 g/mol. The summed E-state index contributed by atoms with van der Waals surface area (Å²) in [6.45, 7) is 4.95. The molecule has 2 heterocycles. The van der Waals surface area contributed by atoms with Crippen LogP contribution in [0.5, 0.6) is 0 Å². The first kappa shape index (κ1) is 11.0. The van der Waals surface area contributed by atoms with Gasteiger partial charge in [0.25, 0.3) is 0 Å². The van der Waals surface area contributed by atoms with Crippen LogP contribution in [-0.4, -0.2) is 23.1 Å². The van der Waals surface area contributed by atoms with Gasteiger partial charge in [-0.3, -0.25) is 4.79 Å². The summed E-state index contributed by atoms with van der Waals surface area (Å²) in [5.74, 6) is 1.34. The normalized spacial score (nSPS) is 20.9. The van der Waals surface area contributed by atoms with Gasteiger partial charge in [0, 0.05) is 28.5 Å². The minimum Gasteiger partial charge on any atom is -0.325 e. The van der Waals surface area contributed by atoms with Crippen molar-refractivity contribution in [3.8, 4) is 0 Å². The Morgan fingerprint density at radius 2 is 2.40 bits per heavy atom. The fourth-order valence-corrected chi connectivity index (χ4v) is 4.14. The van der Waals surface area contributed by atoms with Gasteiger partial charge >= 0.3 is 0 Å². The Morgan fingerprint density at radius 3 is 3.00 bits per heavy atom. The van der Waals surface area contributed by atoms with Crippen LogP contribution in [0.25, 0.3) is 0 Å². The number of rotatable bonds is 2. The minimum atomic E-state index is 0.274. The van der Waals surface area contributed by atoms with E-state index in [-0.39, 0.29) is 11.3 Å². The Balaban J connectivity index is 2.18. The molecule has 1 aromatic heterocycles. The van der Waals surface area contributed by atoms with E-state index in [0.717, 1.165) is 12.3 Å². The fourth-order valence-electron chi connectivity index (χ4n) is 1.75. The molecule has 0 aliphatic carbocycles. The first-order valence-electron chi connectivity index (χ1n) is 5.19. The average molecular weight is 241 g/mol. The maximum absolute atomic E-state index is 11.7. The van der Waals surface area contributed by atoms with E-state index < -0.39 is 0 Å². The zero-order valence-electron chi connectivity index (χ0n) is 9.03. The zero-order valence-corrected chi connectivity index (χ0v) is 10.7. The number of amides is 1. The zero-order chi connectivity index (χ0) is 10.8. The van der Waals surface area contributed by atoms with Gasteiger partial charge in [-0.05, 0) is 19.1 Å². The molecule has 1 saturated heterocycles. The first-order chi connectivity index (χ1) is 7.22. The highest BCUT2D eigenvalue weighted by Gasteiger charge is 2.30. The molecule has 15 heavy (non-hydrogen) atoms. The molecule has 1 fully saturated rings. The lowest BCUT2D eigenvalue weighted by Crippen LogP contribution is -2.29. The van der Waals surface area contributed by atoms with Gasteiger partial charge in [-0.25, -0.2) is 0 Å². The lowest BCUT2D eigenvalue weighted by atomic mass is 10.3. The maximum Gasteiger partial charge on any atom is 0.223 e. The van der Waals surface area contributed by atoms with Crippen molar-refractivity contribution >= 4 is 29.0 Å². The third kappa shape index (κ3) is 2.21. The smallest absolute Gasteiger partial charge is 0.223 e. The van der Waals surface area contributed by atoms with Crippen LogP contribution in [-0.2, 0) is 4.79 Å². The number of hydrogen-bond acceptors (Lipinski definition) is 3. The summed E-state index contributed by atoms with van der Waals surface area (Å²) >= 11 is 3.68. The molecule has 0 saturated carbocycles. The van der Waals surface area contributed by atoms with Crippen LogP contribution in [0.15, 0.2) is 12.1 Å². The van der Waals surface area contributed by atoms with Crippen LogP contribution in [0.2, 0.25) is 0 Å².